The van der Waals surface area contributed by atoms with Gasteiger partial charge >= 0.3 is 0 Å². The Kier molecular flexibility index (Phi) is 3.66. The molecular weight excluding hydrogens is 266 g/mol. The lowest BCUT2D eigenvalue weighted by Crippen LogP contribution is -2.69. The van der Waals surface area contributed by atoms with Crippen molar-refractivity contribution in [2.45, 2.75) is 24.6 Å². The maximum absolute atomic E-state index is 12.5. The lowest BCUT2D eigenvalue weighted by molar-refractivity contribution is -0.0664. The summed E-state index contributed by atoms with van der Waals surface area (Å²) in [6.45, 7) is 0.765. The van der Waals surface area contributed by atoms with E-state index in [0.29, 0.717) is 17.0 Å². The van der Waals surface area contributed by atoms with Crippen LogP contribution < -0.4 is 5.32 Å². The number of hydrogen-bond donors (Lipinski definition) is 1. The van der Waals surface area contributed by atoms with E-state index in [2.05, 4.69) is 16.3 Å². The van der Waals surface area contributed by atoms with Crippen molar-refractivity contribution in [1.82, 2.24) is 10.2 Å². The molecule has 3 rings (SSSR count). The van der Waals surface area contributed by atoms with Gasteiger partial charge in [-0.3, -0.25) is 4.79 Å². The van der Waals surface area contributed by atoms with Crippen LogP contribution in [0.5, 0.6) is 0 Å². The number of fused-ring (bicyclic) bond motifs is 1. The SMILES string of the molecule is CN(C)[C@@H]1[C@@H](NC(=O)c2ccccc2C#N)[C@H]2CCO[C@H]21. The molecule has 2 aliphatic rings. The Labute approximate surface area is 124 Å². The van der Waals surface area contributed by atoms with Crippen LogP contribution >= 0.6 is 0 Å². The van der Waals surface area contributed by atoms with Crippen molar-refractivity contribution >= 4 is 5.91 Å². The van der Waals surface area contributed by atoms with Crippen molar-refractivity contribution < 1.29 is 9.53 Å². The summed E-state index contributed by atoms with van der Waals surface area (Å²) in [6.07, 6.45) is 1.20. The molecule has 1 amide bonds. The number of rotatable bonds is 3. The molecule has 110 valence electrons. The maximum Gasteiger partial charge on any atom is 0.252 e. The first-order valence-corrected chi connectivity index (χ1v) is 7.21. The van der Waals surface area contributed by atoms with Gasteiger partial charge < -0.3 is 15.0 Å². The van der Waals surface area contributed by atoms with Gasteiger partial charge in [0, 0.05) is 12.5 Å². The Morgan fingerprint density at radius 3 is 2.90 bits per heavy atom. The lowest BCUT2D eigenvalue weighted by atomic mass is 9.71. The van der Waals surface area contributed by atoms with Crippen molar-refractivity contribution in [1.29, 1.82) is 5.26 Å². The predicted octanol–water partition coefficient (Wildman–Crippen LogP) is 1.01. The maximum atomic E-state index is 12.5. The van der Waals surface area contributed by atoms with Gasteiger partial charge in [-0.2, -0.15) is 5.26 Å². The van der Waals surface area contributed by atoms with E-state index in [1.807, 2.05) is 14.1 Å². The number of hydrogen-bond acceptors (Lipinski definition) is 4. The second-order valence-electron chi connectivity index (χ2n) is 5.90. The van der Waals surface area contributed by atoms with Crippen LogP contribution in [0, 0.1) is 17.2 Å². The third kappa shape index (κ3) is 2.31. The Hall–Kier alpha value is -1.90. The van der Waals surface area contributed by atoms with E-state index in [0.717, 1.165) is 13.0 Å². The molecule has 0 unspecified atom stereocenters. The van der Waals surface area contributed by atoms with Crippen LogP contribution in [0.2, 0.25) is 0 Å². The van der Waals surface area contributed by atoms with Crippen LogP contribution in [-0.2, 0) is 4.74 Å². The van der Waals surface area contributed by atoms with Crippen molar-refractivity contribution in [3.63, 3.8) is 0 Å². The third-order valence-corrected chi connectivity index (χ3v) is 4.54. The quantitative estimate of drug-likeness (QED) is 0.900. The average Bonchev–Trinajstić information content (AvgIpc) is 2.87. The first-order chi connectivity index (χ1) is 10.1. The Bertz CT molecular complexity index is 593. The molecule has 1 aromatic carbocycles. The molecule has 0 aromatic heterocycles. The minimum atomic E-state index is -0.172. The molecule has 21 heavy (non-hydrogen) atoms. The minimum Gasteiger partial charge on any atom is -0.376 e. The van der Waals surface area contributed by atoms with Crippen molar-refractivity contribution in [2.75, 3.05) is 20.7 Å². The van der Waals surface area contributed by atoms with Crippen LogP contribution in [0.25, 0.3) is 0 Å². The van der Waals surface area contributed by atoms with E-state index in [4.69, 9.17) is 10.00 Å². The third-order valence-electron chi connectivity index (χ3n) is 4.54. The van der Waals surface area contributed by atoms with Gasteiger partial charge in [0.15, 0.2) is 0 Å². The molecule has 1 saturated heterocycles. The highest BCUT2D eigenvalue weighted by Gasteiger charge is 2.55. The molecule has 1 aromatic rings. The number of benzene rings is 1. The minimum absolute atomic E-state index is 0.0896. The highest BCUT2D eigenvalue weighted by Crippen LogP contribution is 2.41. The monoisotopic (exact) mass is 285 g/mol. The molecule has 1 aliphatic carbocycles. The van der Waals surface area contributed by atoms with Gasteiger partial charge in [-0.1, -0.05) is 12.1 Å². The van der Waals surface area contributed by atoms with E-state index in [-0.39, 0.29) is 24.1 Å². The van der Waals surface area contributed by atoms with Gasteiger partial charge in [0.2, 0.25) is 0 Å². The van der Waals surface area contributed by atoms with E-state index >= 15 is 0 Å². The largest absolute Gasteiger partial charge is 0.376 e. The summed E-state index contributed by atoms with van der Waals surface area (Å²) in [5.74, 6) is 0.213. The Balaban J connectivity index is 1.77. The Morgan fingerprint density at radius 1 is 1.43 bits per heavy atom. The molecule has 1 N–H and O–H groups in total. The van der Waals surface area contributed by atoms with Gasteiger partial charge in [-0.25, -0.2) is 0 Å². The summed E-state index contributed by atoms with van der Waals surface area (Å²) in [6, 6.07) is 9.27. The number of nitrogens with one attached hydrogen (secondary N) is 1. The van der Waals surface area contributed by atoms with Crippen LogP contribution in [-0.4, -0.2) is 49.7 Å². The van der Waals surface area contributed by atoms with Gasteiger partial charge in [-0.15, -0.1) is 0 Å². The van der Waals surface area contributed by atoms with Crippen molar-refractivity contribution in [3.05, 3.63) is 35.4 Å². The summed E-state index contributed by atoms with van der Waals surface area (Å²) in [7, 11) is 4.01. The van der Waals surface area contributed by atoms with Crippen LogP contribution in [0.1, 0.15) is 22.3 Å². The average molecular weight is 285 g/mol. The number of amides is 1. The number of carbonyl (C=O) groups excluding carboxylic acids is 1. The van der Waals surface area contributed by atoms with E-state index < -0.39 is 0 Å². The fourth-order valence-corrected chi connectivity index (χ4v) is 3.49. The molecule has 1 aliphatic heterocycles. The predicted molar refractivity (Wildman–Crippen MR) is 77.7 cm³/mol. The lowest BCUT2D eigenvalue weighted by Gasteiger charge is -2.50. The second-order valence-corrected chi connectivity index (χ2v) is 5.90. The topological polar surface area (TPSA) is 65.4 Å². The zero-order valence-electron chi connectivity index (χ0n) is 12.2. The standard InChI is InChI=1S/C16H19N3O2/c1-19(2)14-13(12-7-8-21-15(12)14)18-16(20)11-6-4-3-5-10(11)9-17/h3-6,12-15H,7-8H2,1-2H3,(H,18,20)/t12-,13+,14-,15-/m1/s1. The van der Waals surface area contributed by atoms with Gasteiger partial charge in [0.25, 0.3) is 5.91 Å². The zero-order chi connectivity index (χ0) is 15.0. The molecular formula is C16H19N3O2. The molecule has 1 heterocycles. The van der Waals surface area contributed by atoms with Crippen LogP contribution in [0.3, 0.4) is 0 Å². The zero-order valence-corrected chi connectivity index (χ0v) is 12.2. The van der Waals surface area contributed by atoms with E-state index in [9.17, 15) is 4.79 Å². The Morgan fingerprint density at radius 2 is 2.19 bits per heavy atom. The first-order valence-electron chi connectivity index (χ1n) is 7.21. The fraction of sp³-hybridized carbons (Fsp3) is 0.500. The summed E-state index contributed by atoms with van der Waals surface area (Å²) < 4.78 is 5.74. The number of ether oxygens (including phenoxy) is 1. The van der Waals surface area contributed by atoms with E-state index in [1.54, 1.807) is 24.3 Å². The van der Waals surface area contributed by atoms with Gasteiger partial charge in [0.1, 0.15) is 0 Å². The summed E-state index contributed by atoms with van der Waals surface area (Å²) in [5.41, 5.74) is 0.856. The number of nitrogens with zero attached hydrogens (tertiary/aromatic N) is 2. The highest BCUT2D eigenvalue weighted by atomic mass is 16.5. The molecule has 0 bridgehead atoms. The number of likely N-dealkylation sites (N-methyl/N-ethyl adjacent to an activating group) is 1. The van der Waals surface area contributed by atoms with Crippen LogP contribution in [0.4, 0.5) is 0 Å². The summed E-state index contributed by atoms with van der Waals surface area (Å²) in [5, 5.41) is 12.2. The summed E-state index contributed by atoms with van der Waals surface area (Å²) in [4.78, 5) is 14.6. The van der Waals surface area contributed by atoms with Crippen molar-refractivity contribution in [2.24, 2.45) is 5.92 Å². The molecule has 4 atom stereocenters. The first kappa shape index (κ1) is 14.1. The molecule has 2 fully saturated rings. The molecule has 5 heteroatoms. The number of carbonyl (C=O) groups is 1. The normalized spacial score (nSPS) is 30.4. The second kappa shape index (κ2) is 5.47. The molecule has 0 spiro atoms. The fourth-order valence-electron chi connectivity index (χ4n) is 3.49. The number of nitriles is 1. The molecule has 5 nitrogen and oxygen atoms in total. The molecule has 0 radical (unpaired) electrons. The van der Waals surface area contributed by atoms with Gasteiger partial charge in [-0.05, 0) is 32.6 Å². The highest BCUT2D eigenvalue weighted by molar-refractivity contribution is 5.96. The molecule has 1 saturated carbocycles. The van der Waals surface area contributed by atoms with Crippen LogP contribution in [0.15, 0.2) is 24.3 Å². The smallest absolute Gasteiger partial charge is 0.252 e. The van der Waals surface area contributed by atoms with Crippen molar-refractivity contribution in [3.8, 4) is 6.07 Å². The summed E-state index contributed by atoms with van der Waals surface area (Å²) >= 11 is 0. The van der Waals surface area contributed by atoms with E-state index in [1.165, 1.54) is 0 Å². The van der Waals surface area contributed by atoms with Gasteiger partial charge in [0.05, 0.1) is 35.4 Å².